The summed E-state index contributed by atoms with van der Waals surface area (Å²) < 4.78 is 0. The largest absolute Gasteiger partial charge is 0.265 e. The number of pyridine rings is 4. The molecule has 114 valence electrons. The molecule has 0 saturated carbocycles. The zero-order valence-corrected chi connectivity index (χ0v) is 12.9. The fourth-order valence-corrected chi connectivity index (χ4v) is 2.79. The van der Waals surface area contributed by atoms with Crippen LogP contribution in [0.1, 0.15) is 0 Å². The Labute approximate surface area is 139 Å². The molecular weight excluding hydrogens is 296 g/mol. The van der Waals surface area contributed by atoms with Crippen LogP contribution < -0.4 is 0 Å². The molecule has 0 fully saturated rings. The van der Waals surface area contributed by atoms with Gasteiger partial charge in [0.15, 0.2) is 0 Å². The Morgan fingerprint density at radius 3 is 1.21 bits per heavy atom. The molecule has 4 rings (SSSR count). The van der Waals surface area contributed by atoms with Crippen LogP contribution in [0.15, 0.2) is 86.0 Å². The van der Waals surface area contributed by atoms with E-state index in [9.17, 15) is 0 Å². The highest BCUT2D eigenvalue weighted by atomic mass is 14.6. The second-order valence-electron chi connectivity index (χ2n) is 5.32. The van der Waals surface area contributed by atoms with E-state index >= 15 is 0 Å². The van der Waals surface area contributed by atoms with Gasteiger partial charge in [0.1, 0.15) is 0 Å². The molecule has 4 heterocycles. The first kappa shape index (κ1) is 14.2. The zero-order chi connectivity index (χ0) is 16.2. The van der Waals surface area contributed by atoms with E-state index < -0.39 is 0 Å². The maximum Gasteiger partial charge on any atom is 0.0353 e. The van der Waals surface area contributed by atoms with Crippen LogP contribution in [0.4, 0.5) is 0 Å². The number of hydrogen-bond donors (Lipinski definition) is 0. The van der Waals surface area contributed by atoms with Gasteiger partial charge in [-0.3, -0.25) is 19.9 Å². The molecule has 0 aliphatic heterocycles. The Hall–Kier alpha value is -3.40. The van der Waals surface area contributed by atoms with Crippen molar-refractivity contribution in [3.63, 3.8) is 0 Å². The van der Waals surface area contributed by atoms with Gasteiger partial charge in [0.25, 0.3) is 0 Å². The molecule has 0 radical (unpaired) electrons. The van der Waals surface area contributed by atoms with E-state index in [0.29, 0.717) is 0 Å². The molecule has 0 saturated heterocycles. The summed E-state index contributed by atoms with van der Waals surface area (Å²) in [4.78, 5) is 16.8. The van der Waals surface area contributed by atoms with Crippen molar-refractivity contribution < 1.29 is 0 Å². The standard InChI is InChI=1S/C20H14N4/c1-7-21-8-2-15(1)18-13-24-14-19(16-3-9-22-10-4-16)20(18)17-5-11-23-12-6-17/h1-14H. The number of nitrogens with zero attached hydrogens (tertiary/aromatic N) is 4. The van der Waals surface area contributed by atoms with Crippen LogP contribution in [0.25, 0.3) is 33.4 Å². The third kappa shape index (κ3) is 2.65. The molecule has 0 bridgehead atoms. The smallest absolute Gasteiger partial charge is 0.0353 e. The second kappa shape index (κ2) is 6.38. The van der Waals surface area contributed by atoms with Gasteiger partial charge >= 0.3 is 0 Å². The van der Waals surface area contributed by atoms with Crippen LogP contribution in [0.3, 0.4) is 0 Å². The van der Waals surface area contributed by atoms with Crippen molar-refractivity contribution >= 4 is 0 Å². The maximum atomic E-state index is 4.47. The van der Waals surface area contributed by atoms with Gasteiger partial charge in [0.05, 0.1) is 0 Å². The Bertz CT molecular complexity index is 881. The van der Waals surface area contributed by atoms with Crippen LogP contribution in [0.2, 0.25) is 0 Å². The third-order valence-electron chi connectivity index (χ3n) is 3.90. The van der Waals surface area contributed by atoms with Crippen molar-refractivity contribution in [1.29, 1.82) is 0 Å². The summed E-state index contributed by atoms with van der Waals surface area (Å²) in [6.07, 6.45) is 14.6. The van der Waals surface area contributed by atoms with E-state index in [1.165, 1.54) is 0 Å². The zero-order valence-electron chi connectivity index (χ0n) is 12.9. The van der Waals surface area contributed by atoms with E-state index in [2.05, 4.69) is 19.9 Å². The quantitative estimate of drug-likeness (QED) is 0.567. The predicted octanol–water partition coefficient (Wildman–Crippen LogP) is 4.27. The van der Waals surface area contributed by atoms with Crippen LogP contribution in [-0.4, -0.2) is 19.9 Å². The lowest BCUT2D eigenvalue weighted by molar-refractivity contribution is 1.29. The molecule has 0 aliphatic rings. The number of rotatable bonds is 3. The van der Waals surface area contributed by atoms with Crippen LogP contribution in [-0.2, 0) is 0 Å². The van der Waals surface area contributed by atoms with E-state index in [-0.39, 0.29) is 0 Å². The molecule has 4 nitrogen and oxygen atoms in total. The molecule has 0 amide bonds. The van der Waals surface area contributed by atoms with Crippen LogP contribution in [0, 0.1) is 0 Å². The first-order chi connectivity index (χ1) is 11.9. The first-order valence-corrected chi connectivity index (χ1v) is 7.62. The van der Waals surface area contributed by atoms with Gasteiger partial charge in [-0.05, 0) is 53.1 Å². The average Bonchev–Trinajstić information content (AvgIpc) is 2.69. The van der Waals surface area contributed by atoms with Gasteiger partial charge in [0, 0.05) is 66.3 Å². The minimum absolute atomic E-state index is 1.07. The molecule has 0 unspecified atom stereocenters. The topological polar surface area (TPSA) is 51.6 Å². The van der Waals surface area contributed by atoms with Gasteiger partial charge in [-0.2, -0.15) is 0 Å². The van der Waals surface area contributed by atoms with E-state index in [0.717, 1.165) is 33.4 Å². The molecule has 0 atom stereocenters. The van der Waals surface area contributed by atoms with Crippen LogP contribution in [0.5, 0.6) is 0 Å². The third-order valence-corrected chi connectivity index (χ3v) is 3.90. The van der Waals surface area contributed by atoms with Crippen molar-refractivity contribution in [2.75, 3.05) is 0 Å². The number of hydrogen-bond acceptors (Lipinski definition) is 4. The molecule has 4 heteroatoms. The summed E-state index contributed by atoms with van der Waals surface area (Å²) in [5.74, 6) is 0. The highest BCUT2D eigenvalue weighted by molar-refractivity contribution is 5.93. The SMILES string of the molecule is c1cc(-c2cncc(-c3ccncc3)c2-c2ccncc2)ccn1. The fraction of sp³-hybridized carbons (Fsp3) is 0. The normalized spacial score (nSPS) is 10.5. The molecule has 4 aromatic rings. The van der Waals surface area contributed by atoms with Crippen LogP contribution >= 0.6 is 0 Å². The fourth-order valence-electron chi connectivity index (χ4n) is 2.79. The van der Waals surface area contributed by atoms with Gasteiger partial charge < -0.3 is 0 Å². The van der Waals surface area contributed by atoms with Crippen molar-refractivity contribution in [1.82, 2.24) is 19.9 Å². The summed E-state index contributed by atoms with van der Waals surface area (Å²) in [6.45, 7) is 0. The highest BCUT2D eigenvalue weighted by Gasteiger charge is 2.14. The van der Waals surface area contributed by atoms with E-state index in [1.807, 2.05) is 61.2 Å². The Balaban J connectivity index is 2.02. The van der Waals surface area contributed by atoms with Gasteiger partial charge in [-0.15, -0.1) is 0 Å². The molecule has 4 aromatic heterocycles. The van der Waals surface area contributed by atoms with E-state index in [4.69, 9.17) is 0 Å². The van der Waals surface area contributed by atoms with Crippen molar-refractivity contribution in [2.24, 2.45) is 0 Å². The summed E-state index contributed by atoms with van der Waals surface area (Å²) in [7, 11) is 0. The molecule has 0 N–H and O–H groups in total. The highest BCUT2D eigenvalue weighted by Crippen LogP contribution is 2.38. The summed E-state index contributed by atoms with van der Waals surface area (Å²) in [6, 6.07) is 12.0. The lowest BCUT2D eigenvalue weighted by Gasteiger charge is -2.15. The van der Waals surface area contributed by atoms with Crippen molar-refractivity contribution in [3.05, 3.63) is 86.0 Å². The lowest BCUT2D eigenvalue weighted by Crippen LogP contribution is -1.93. The first-order valence-electron chi connectivity index (χ1n) is 7.62. The number of aromatic nitrogens is 4. The molecule has 0 aromatic carbocycles. The average molecular weight is 310 g/mol. The lowest BCUT2D eigenvalue weighted by atomic mass is 9.91. The van der Waals surface area contributed by atoms with Gasteiger partial charge in [0.2, 0.25) is 0 Å². The predicted molar refractivity (Wildman–Crippen MR) is 93.9 cm³/mol. The Morgan fingerprint density at radius 2 is 0.792 bits per heavy atom. The van der Waals surface area contributed by atoms with Crippen molar-refractivity contribution in [3.8, 4) is 33.4 Å². The monoisotopic (exact) mass is 310 g/mol. The summed E-state index contributed by atoms with van der Waals surface area (Å²) in [5.41, 5.74) is 6.53. The van der Waals surface area contributed by atoms with Gasteiger partial charge in [-0.25, -0.2) is 0 Å². The van der Waals surface area contributed by atoms with E-state index in [1.54, 1.807) is 24.8 Å². The minimum Gasteiger partial charge on any atom is -0.265 e. The Morgan fingerprint density at radius 1 is 0.417 bits per heavy atom. The van der Waals surface area contributed by atoms with Crippen molar-refractivity contribution in [2.45, 2.75) is 0 Å². The molecular formula is C20H14N4. The maximum absolute atomic E-state index is 4.47. The second-order valence-corrected chi connectivity index (χ2v) is 5.32. The minimum atomic E-state index is 1.07. The Kier molecular flexibility index (Phi) is 3.78. The summed E-state index contributed by atoms with van der Waals surface area (Å²) in [5, 5.41) is 0. The van der Waals surface area contributed by atoms with Gasteiger partial charge in [-0.1, -0.05) is 0 Å². The summed E-state index contributed by atoms with van der Waals surface area (Å²) >= 11 is 0. The molecule has 0 spiro atoms. The molecule has 0 aliphatic carbocycles. The molecule has 24 heavy (non-hydrogen) atoms.